The molecule has 0 aliphatic carbocycles. The number of hydrogen-bond donors (Lipinski definition) is 2. The highest BCUT2D eigenvalue weighted by Crippen LogP contribution is 2.34. The van der Waals surface area contributed by atoms with E-state index < -0.39 is 0 Å². The fraction of sp³-hybridized carbons (Fsp3) is 0.333. The van der Waals surface area contributed by atoms with Gasteiger partial charge in [0.15, 0.2) is 16.6 Å². The first-order chi connectivity index (χ1) is 8.81. The van der Waals surface area contributed by atoms with Crippen molar-refractivity contribution in [2.45, 2.75) is 13.3 Å². The van der Waals surface area contributed by atoms with Crippen LogP contribution < -0.4 is 15.8 Å². The fourth-order valence-electron chi connectivity index (χ4n) is 1.56. The Morgan fingerprint density at radius 2 is 2.39 bits per heavy atom. The van der Waals surface area contributed by atoms with Crippen LogP contribution in [-0.4, -0.2) is 22.5 Å². The molecule has 0 unspecified atom stereocenters. The summed E-state index contributed by atoms with van der Waals surface area (Å²) in [5, 5.41) is 4.18. The van der Waals surface area contributed by atoms with Crippen molar-refractivity contribution in [3.8, 4) is 5.75 Å². The van der Waals surface area contributed by atoms with E-state index in [1.807, 2.05) is 19.2 Å². The molecular weight excluding hydrogens is 248 g/mol. The van der Waals surface area contributed by atoms with Gasteiger partial charge in [-0.1, -0.05) is 6.07 Å². The third-order valence-corrected chi connectivity index (χ3v) is 3.19. The number of rotatable bonds is 6. The Labute approximate surface area is 110 Å². The second-order valence-electron chi connectivity index (χ2n) is 3.70. The molecule has 3 N–H and O–H groups in total. The average molecular weight is 264 g/mol. The predicted molar refractivity (Wildman–Crippen MR) is 74.1 cm³/mol. The van der Waals surface area contributed by atoms with Gasteiger partial charge in [0.1, 0.15) is 0 Å². The van der Waals surface area contributed by atoms with Crippen molar-refractivity contribution < 1.29 is 4.74 Å². The molecule has 5 nitrogen and oxygen atoms in total. The molecule has 0 aliphatic rings. The van der Waals surface area contributed by atoms with Crippen LogP contribution >= 0.6 is 11.5 Å². The van der Waals surface area contributed by atoms with Crippen LogP contribution in [0, 0.1) is 0 Å². The number of nitrogens with two attached hydrogens (primary N) is 1. The van der Waals surface area contributed by atoms with E-state index in [4.69, 9.17) is 10.5 Å². The number of aromatic nitrogens is 2. The molecule has 0 amide bonds. The molecule has 0 saturated heterocycles. The monoisotopic (exact) mass is 264 g/mol. The third-order valence-electron chi connectivity index (χ3n) is 2.38. The minimum atomic E-state index is 0.450. The Kier molecular flexibility index (Phi) is 4.35. The van der Waals surface area contributed by atoms with E-state index >= 15 is 0 Å². The summed E-state index contributed by atoms with van der Waals surface area (Å²) >= 11 is 1.32. The third kappa shape index (κ3) is 3.10. The summed E-state index contributed by atoms with van der Waals surface area (Å²) < 4.78 is 9.54. The number of anilines is 2. The molecule has 2 heterocycles. The normalized spacial score (nSPS) is 10.3. The molecule has 6 heteroatoms. The Hall–Kier alpha value is -1.82. The van der Waals surface area contributed by atoms with Crippen molar-refractivity contribution >= 4 is 22.4 Å². The van der Waals surface area contributed by atoms with Crippen molar-refractivity contribution in [1.29, 1.82) is 0 Å². The molecular formula is C12H16N4OS. The number of nitrogen functional groups attached to an aromatic ring is 1. The van der Waals surface area contributed by atoms with E-state index in [9.17, 15) is 0 Å². The first-order valence-electron chi connectivity index (χ1n) is 5.82. The van der Waals surface area contributed by atoms with Gasteiger partial charge >= 0.3 is 0 Å². The van der Waals surface area contributed by atoms with E-state index in [0.717, 1.165) is 18.0 Å². The minimum absolute atomic E-state index is 0.450. The zero-order valence-corrected chi connectivity index (χ0v) is 11.0. The quantitative estimate of drug-likeness (QED) is 0.836. The zero-order valence-electron chi connectivity index (χ0n) is 10.2. The van der Waals surface area contributed by atoms with E-state index in [2.05, 4.69) is 20.7 Å². The maximum atomic E-state index is 5.73. The Bertz CT molecular complexity index is 486. The maximum Gasteiger partial charge on any atom is 0.197 e. The summed E-state index contributed by atoms with van der Waals surface area (Å²) in [6.07, 6.45) is 4.54. The highest BCUT2D eigenvalue weighted by molar-refractivity contribution is 7.11. The largest absolute Gasteiger partial charge is 0.487 e. The summed E-state index contributed by atoms with van der Waals surface area (Å²) in [5.41, 5.74) is 6.93. The highest BCUT2D eigenvalue weighted by Gasteiger charge is 2.11. The van der Waals surface area contributed by atoms with Gasteiger partial charge < -0.3 is 15.8 Å². The van der Waals surface area contributed by atoms with E-state index in [1.54, 1.807) is 6.20 Å². The van der Waals surface area contributed by atoms with Gasteiger partial charge in [-0.15, -0.1) is 0 Å². The van der Waals surface area contributed by atoms with Crippen LogP contribution in [-0.2, 0) is 6.42 Å². The van der Waals surface area contributed by atoms with Gasteiger partial charge in [-0.05, 0) is 36.5 Å². The maximum absolute atomic E-state index is 5.73. The van der Waals surface area contributed by atoms with Crippen LogP contribution in [0.1, 0.15) is 12.5 Å². The number of pyridine rings is 1. The molecule has 2 aromatic heterocycles. The van der Waals surface area contributed by atoms with Gasteiger partial charge in [0.25, 0.3) is 0 Å². The van der Waals surface area contributed by atoms with E-state index in [-0.39, 0.29) is 0 Å². The van der Waals surface area contributed by atoms with E-state index in [1.165, 1.54) is 17.1 Å². The zero-order chi connectivity index (χ0) is 12.8. The molecule has 0 fully saturated rings. The lowest BCUT2D eigenvalue weighted by Gasteiger charge is -2.07. The van der Waals surface area contributed by atoms with Crippen LogP contribution in [0.25, 0.3) is 0 Å². The Balaban J connectivity index is 1.90. The second-order valence-corrected chi connectivity index (χ2v) is 4.47. The molecule has 0 saturated carbocycles. The highest BCUT2D eigenvalue weighted by atomic mass is 32.1. The topological polar surface area (TPSA) is 73.1 Å². The lowest BCUT2D eigenvalue weighted by Crippen LogP contribution is -2.05. The van der Waals surface area contributed by atoms with Crippen molar-refractivity contribution in [1.82, 2.24) is 9.36 Å². The van der Waals surface area contributed by atoms with Crippen LogP contribution in [0.4, 0.5) is 10.8 Å². The first kappa shape index (κ1) is 12.6. The van der Waals surface area contributed by atoms with Gasteiger partial charge in [0.05, 0.1) is 6.61 Å². The van der Waals surface area contributed by atoms with Crippen LogP contribution in [0.3, 0.4) is 0 Å². The molecule has 0 bridgehead atoms. The number of nitrogens with one attached hydrogen (secondary N) is 1. The Morgan fingerprint density at radius 3 is 3.11 bits per heavy atom. The summed E-state index contributed by atoms with van der Waals surface area (Å²) in [7, 11) is 0. The smallest absolute Gasteiger partial charge is 0.197 e. The number of nitrogens with zero attached hydrogens (tertiary/aromatic N) is 2. The molecule has 0 aliphatic heterocycles. The van der Waals surface area contributed by atoms with Crippen molar-refractivity contribution in [2.75, 3.05) is 24.2 Å². The van der Waals surface area contributed by atoms with Crippen molar-refractivity contribution in [3.63, 3.8) is 0 Å². The molecule has 96 valence electrons. The molecule has 0 radical (unpaired) electrons. The fourth-order valence-corrected chi connectivity index (χ4v) is 2.24. The lowest BCUT2D eigenvalue weighted by atomic mass is 10.2. The average Bonchev–Trinajstić information content (AvgIpc) is 2.73. The van der Waals surface area contributed by atoms with Gasteiger partial charge in [-0.3, -0.25) is 4.98 Å². The standard InChI is InChI=1S/C12H16N4OS/c1-2-17-10-11(13)16-18-12(10)15-7-5-9-4-3-6-14-8-9/h3-4,6,8,15H,2,5,7H2,1H3,(H2,13,16). The van der Waals surface area contributed by atoms with Crippen molar-refractivity contribution in [2.24, 2.45) is 0 Å². The molecule has 2 rings (SSSR count). The summed E-state index contributed by atoms with van der Waals surface area (Å²) in [6.45, 7) is 3.31. The van der Waals surface area contributed by atoms with Gasteiger partial charge in [-0.25, -0.2) is 0 Å². The predicted octanol–water partition coefficient (Wildman–Crippen LogP) is 2.17. The van der Waals surface area contributed by atoms with Crippen LogP contribution in [0.15, 0.2) is 24.5 Å². The van der Waals surface area contributed by atoms with Crippen molar-refractivity contribution in [3.05, 3.63) is 30.1 Å². The molecule has 0 atom stereocenters. The van der Waals surface area contributed by atoms with Gasteiger partial charge in [-0.2, -0.15) is 4.37 Å². The SMILES string of the molecule is CCOc1c(N)nsc1NCCc1cccnc1. The molecule has 0 spiro atoms. The summed E-state index contributed by atoms with van der Waals surface area (Å²) in [6, 6.07) is 3.99. The van der Waals surface area contributed by atoms with Crippen LogP contribution in [0.5, 0.6) is 5.75 Å². The summed E-state index contributed by atoms with van der Waals surface area (Å²) in [5.74, 6) is 1.11. The summed E-state index contributed by atoms with van der Waals surface area (Å²) in [4.78, 5) is 4.08. The molecule has 0 aromatic carbocycles. The lowest BCUT2D eigenvalue weighted by molar-refractivity contribution is 0.344. The number of hydrogen-bond acceptors (Lipinski definition) is 6. The number of ether oxygens (including phenoxy) is 1. The second kappa shape index (κ2) is 6.20. The first-order valence-corrected chi connectivity index (χ1v) is 6.59. The van der Waals surface area contributed by atoms with Gasteiger partial charge in [0, 0.05) is 18.9 Å². The van der Waals surface area contributed by atoms with Gasteiger partial charge in [0.2, 0.25) is 0 Å². The van der Waals surface area contributed by atoms with E-state index in [0.29, 0.717) is 18.2 Å². The molecule has 18 heavy (non-hydrogen) atoms. The minimum Gasteiger partial charge on any atom is -0.487 e. The Morgan fingerprint density at radius 1 is 1.50 bits per heavy atom. The molecule has 2 aromatic rings. The van der Waals surface area contributed by atoms with Crippen LogP contribution in [0.2, 0.25) is 0 Å².